The van der Waals surface area contributed by atoms with Gasteiger partial charge >= 0.3 is 0 Å². The van der Waals surface area contributed by atoms with Gasteiger partial charge in [0.25, 0.3) is 5.91 Å². The molecule has 1 fully saturated rings. The first-order valence-electron chi connectivity index (χ1n) is 10.3. The summed E-state index contributed by atoms with van der Waals surface area (Å²) in [7, 11) is 0. The molecule has 5 nitrogen and oxygen atoms in total. The molecule has 1 N–H and O–H groups in total. The Labute approximate surface area is 189 Å². The molecule has 1 aliphatic carbocycles. The van der Waals surface area contributed by atoms with Gasteiger partial charge < -0.3 is 9.73 Å². The van der Waals surface area contributed by atoms with Crippen LogP contribution in [0.1, 0.15) is 34.5 Å². The van der Waals surface area contributed by atoms with Gasteiger partial charge in [0.2, 0.25) is 0 Å². The maximum Gasteiger partial charge on any atom is 0.292 e. The molecule has 0 atom stereocenters. The number of rotatable bonds is 7. The van der Waals surface area contributed by atoms with E-state index < -0.39 is 0 Å². The van der Waals surface area contributed by atoms with Gasteiger partial charge in [-0.15, -0.1) is 11.8 Å². The number of aryl methyl sites for hydroxylation is 1. The van der Waals surface area contributed by atoms with Crippen LogP contribution in [0.25, 0.3) is 11.0 Å². The average molecular weight is 452 g/mol. The summed E-state index contributed by atoms with van der Waals surface area (Å²) in [6.45, 7) is 2.80. The van der Waals surface area contributed by atoms with Gasteiger partial charge in [-0.25, -0.2) is 4.68 Å². The van der Waals surface area contributed by atoms with Crippen LogP contribution in [0.2, 0.25) is 5.02 Å². The van der Waals surface area contributed by atoms with Crippen molar-refractivity contribution >= 4 is 46.1 Å². The number of aromatic nitrogens is 2. The van der Waals surface area contributed by atoms with E-state index in [2.05, 4.69) is 10.4 Å². The Balaban J connectivity index is 1.43. The number of carbonyl (C=O) groups excluding carboxylic acids is 1. The summed E-state index contributed by atoms with van der Waals surface area (Å²) in [6, 6.07) is 15.5. The minimum atomic E-state index is -0.247. The summed E-state index contributed by atoms with van der Waals surface area (Å²) in [5, 5.41) is 9.16. The number of amides is 1. The molecule has 2 aromatic heterocycles. The van der Waals surface area contributed by atoms with Crippen molar-refractivity contribution in [2.24, 2.45) is 5.92 Å². The van der Waals surface area contributed by atoms with E-state index in [0.29, 0.717) is 28.0 Å². The summed E-state index contributed by atoms with van der Waals surface area (Å²) in [6.07, 6.45) is 4.25. The van der Waals surface area contributed by atoms with Gasteiger partial charge in [0, 0.05) is 38.7 Å². The highest BCUT2D eigenvalue weighted by molar-refractivity contribution is 7.98. The van der Waals surface area contributed by atoms with Crippen LogP contribution in [0.15, 0.2) is 64.0 Å². The predicted octanol–water partition coefficient (Wildman–Crippen LogP) is 6.55. The van der Waals surface area contributed by atoms with Crippen molar-refractivity contribution in [2.75, 3.05) is 5.32 Å². The molecular formula is C24H22ClN3O2S. The molecule has 7 heteroatoms. The van der Waals surface area contributed by atoms with Gasteiger partial charge in [-0.1, -0.05) is 29.8 Å². The van der Waals surface area contributed by atoms with Crippen molar-refractivity contribution in [3.63, 3.8) is 0 Å². The second-order valence-corrected chi connectivity index (χ2v) is 9.39. The number of nitrogens with one attached hydrogen (secondary N) is 1. The number of benzene rings is 2. The summed E-state index contributed by atoms with van der Waals surface area (Å²) in [4.78, 5) is 14.4. The zero-order valence-electron chi connectivity index (χ0n) is 17.1. The molecule has 1 aliphatic rings. The zero-order valence-corrected chi connectivity index (χ0v) is 18.7. The van der Waals surface area contributed by atoms with Crippen LogP contribution < -0.4 is 5.32 Å². The third kappa shape index (κ3) is 4.36. The van der Waals surface area contributed by atoms with Crippen molar-refractivity contribution in [1.82, 2.24) is 9.78 Å². The lowest BCUT2D eigenvalue weighted by atomic mass is 10.1. The number of halogens is 1. The molecule has 0 saturated heterocycles. The van der Waals surface area contributed by atoms with E-state index in [1.807, 2.05) is 60.1 Å². The van der Waals surface area contributed by atoms with Gasteiger partial charge in [-0.2, -0.15) is 5.10 Å². The highest BCUT2D eigenvalue weighted by Crippen LogP contribution is 2.34. The van der Waals surface area contributed by atoms with Gasteiger partial charge in [-0.05, 0) is 56.0 Å². The van der Waals surface area contributed by atoms with Crippen LogP contribution in [-0.2, 0) is 12.3 Å². The van der Waals surface area contributed by atoms with Crippen molar-refractivity contribution in [1.29, 1.82) is 0 Å². The number of hydrogen-bond donors (Lipinski definition) is 1. The Morgan fingerprint density at radius 3 is 2.77 bits per heavy atom. The number of thioether (sulfide) groups is 1. The highest BCUT2D eigenvalue weighted by Gasteiger charge is 2.26. The van der Waals surface area contributed by atoms with Crippen molar-refractivity contribution in [3.05, 3.63) is 76.6 Å². The third-order valence-electron chi connectivity index (χ3n) is 5.48. The lowest BCUT2D eigenvalue weighted by molar-refractivity contribution is 0.0996. The Morgan fingerprint density at radius 2 is 2.00 bits per heavy atom. The molecule has 4 aromatic rings. The summed E-state index contributed by atoms with van der Waals surface area (Å²) in [5.41, 5.74) is 2.55. The first-order chi connectivity index (χ1) is 15.1. The normalized spacial score (nSPS) is 13.6. The highest BCUT2D eigenvalue weighted by atomic mass is 35.5. The second kappa shape index (κ2) is 8.44. The predicted molar refractivity (Wildman–Crippen MR) is 125 cm³/mol. The molecule has 1 amide bonds. The molecule has 0 aliphatic heterocycles. The zero-order chi connectivity index (χ0) is 21.4. The molecule has 2 heterocycles. The topological polar surface area (TPSA) is 60.1 Å². The van der Waals surface area contributed by atoms with E-state index in [9.17, 15) is 4.79 Å². The Kier molecular flexibility index (Phi) is 5.50. The van der Waals surface area contributed by atoms with E-state index in [1.165, 1.54) is 12.8 Å². The lowest BCUT2D eigenvalue weighted by Gasteiger charge is -2.10. The number of hydrogen-bond acceptors (Lipinski definition) is 4. The molecule has 0 unspecified atom stereocenters. The van der Waals surface area contributed by atoms with Gasteiger partial charge in [0.15, 0.2) is 5.76 Å². The molecule has 31 heavy (non-hydrogen) atoms. The SMILES string of the molecule is Cc1cnn(CC2CC2)c1NC(=O)c1oc2ccccc2c1CSc1ccc(Cl)cc1. The van der Waals surface area contributed by atoms with E-state index in [-0.39, 0.29) is 5.91 Å². The largest absolute Gasteiger partial charge is 0.451 e. The molecule has 2 aromatic carbocycles. The number of anilines is 1. The van der Waals surface area contributed by atoms with Crippen molar-refractivity contribution in [2.45, 2.75) is 37.0 Å². The average Bonchev–Trinajstić information content (AvgIpc) is 3.43. The first-order valence-corrected chi connectivity index (χ1v) is 11.7. The smallest absolute Gasteiger partial charge is 0.292 e. The summed E-state index contributed by atoms with van der Waals surface area (Å²) in [5.74, 6) is 2.12. The first kappa shape index (κ1) is 20.2. The molecule has 0 radical (unpaired) electrons. The molecule has 5 rings (SSSR count). The number of nitrogens with zero attached hydrogens (tertiary/aromatic N) is 2. The van der Waals surface area contributed by atoms with Gasteiger partial charge in [0.05, 0.1) is 6.20 Å². The number of para-hydroxylation sites is 1. The van der Waals surface area contributed by atoms with E-state index in [0.717, 1.165) is 33.8 Å². The van der Waals surface area contributed by atoms with Crippen LogP contribution in [0.4, 0.5) is 5.82 Å². The molecule has 0 spiro atoms. The second-order valence-electron chi connectivity index (χ2n) is 7.90. The van der Waals surface area contributed by atoms with E-state index in [1.54, 1.807) is 18.0 Å². The Bertz CT molecular complexity index is 1240. The van der Waals surface area contributed by atoms with Crippen molar-refractivity contribution < 1.29 is 9.21 Å². The van der Waals surface area contributed by atoms with Crippen LogP contribution in [0, 0.1) is 12.8 Å². The van der Waals surface area contributed by atoms with E-state index >= 15 is 0 Å². The third-order valence-corrected chi connectivity index (χ3v) is 6.77. The molecule has 0 bridgehead atoms. The van der Waals surface area contributed by atoms with Crippen LogP contribution >= 0.6 is 23.4 Å². The quantitative estimate of drug-likeness (QED) is 0.324. The van der Waals surface area contributed by atoms with E-state index in [4.69, 9.17) is 16.0 Å². The van der Waals surface area contributed by atoms with Gasteiger partial charge in [0.1, 0.15) is 11.4 Å². The monoisotopic (exact) mass is 451 g/mol. The number of fused-ring (bicyclic) bond motifs is 1. The van der Waals surface area contributed by atoms with Crippen molar-refractivity contribution in [3.8, 4) is 0 Å². The van der Waals surface area contributed by atoms with Gasteiger partial charge in [-0.3, -0.25) is 4.79 Å². The van der Waals surface area contributed by atoms with Crippen LogP contribution in [0.3, 0.4) is 0 Å². The standard InChI is InChI=1S/C24H22ClN3O2S/c1-15-12-26-28(13-16-6-7-16)23(15)27-24(29)22-20(19-4-2-3-5-21(19)30-22)14-31-18-10-8-17(25)9-11-18/h2-5,8-12,16H,6-7,13-14H2,1H3,(H,27,29). The summed E-state index contributed by atoms with van der Waals surface area (Å²) < 4.78 is 7.91. The number of furan rings is 1. The van der Waals surface area contributed by atoms with Crippen LogP contribution in [-0.4, -0.2) is 15.7 Å². The van der Waals surface area contributed by atoms with Crippen LogP contribution in [0.5, 0.6) is 0 Å². The molecule has 158 valence electrons. The summed E-state index contributed by atoms with van der Waals surface area (Å²) >= 11 is 7.65. The minimum Gasteiger partial charge on any atom is -0.451 e. The lowest BCUT2D eigenvalue weighted by Crippen LogP contribution is -2.17. The molecular weight excluding hydrogens is 430 g/mol. The maximum atomic E-state index is 13.3. The minimum absolute atomic E-state index is 0.247. The Hall–Kier alpha value is -2.70. The fourth-order valence-electron chi connectivity index (χ4n) is 3.60. The number of carbonyl (C=O) groups is 1. The molecule has 1 saturated carbocycles. The fraction of sp³-hybridized carbons (Fsp3) is 0.250. The Morgan fingerprint density at radius 1 is 1.23 bits per heavy atom. The maximum absolute atomic E-state index is 13.3. The fourth-order valence-corrected chi connectivity index (χ4v) is 4.65.